The second-order valence-electron chi connectivity index (χ2n) is 3.89. The van der Waals surface area contributed by atoms with Gasteiger partial charge in [-0.25, -0.2) is 9.97 Å². The van der Waals surface area contributed by atoms with Crippen molar-refractivity contribution in [1.82, 2.24) is 19.5 Å². The van der Waals surface area contributed by atoms with Crippen molar-refractivity contribution < 1.29 is 0 Å². The summed E-state index contributed by atoms with van der Waals surface area (Å²) < 4.78 is 1.79. The first-order valence-electron chi connectivity index (χ1n) is 5.49. The lowest BCUT2D eigenvalue weighted by molar-refractivity contribution is 0.970. The highest BCUT2D eigenvalue weighted by Crippen LogP contribution is 2.26. The molecule has 0 fully saturated rings. The summed E-state index contributed by atoms with van der Waals surface area (Å²) in [5.41, 5.74) is 1.63. The monoisotopic (exact) mass is 290 g/mol. The Balaban J connectivity index is 2.02. The van der Waals surface area contributed by atoms with E-state index in [2.05, 4.69) is 15.0 Å². The molecule has 0 N–H and O–H groups in total. The summed E-state index contributed by atoms with van der Waals surface area (Å²) in [5, 5.41) is 1.16. The number of rotatable bonds is 2. The van der Waals surface area contributed by atoms with Gasteiger partial charge in [0.15, 0.2) is 5.82 Å². The number of hydrogen-bond donors (Lipinski definition) is 0. The number of hydrogen-bond acceptors (Lipinski definition) is 3. The Labute approximate surface area is 119 Å². The van der Waals surface area contributed by atoms with E-state index >= 15 is 0 Å². The molecule has 94 valence electrons. The van der Waals surface area contributed by atoms with Gasteiger partial charge in [0.05, 0.1) is 11.9 Å². The smallest absolute Gasteiger partial charge is 0.156 e. The van der Waals surface area contributed by atoms with Gasteiger partial charge >= 0.3 is 0 Å². The quantitative estimate of drug-likeness (QED) is 0.724. The van der Waals surface area contributed by atoms with E-state index in [0.29, 0.717) is 15.9 Å². The lowest BCUT2D eigenvalue weighted by Crippen LogP contribution is -1.93. The van der Waals surface area contributed by atoms with Crippen LogP contribution < -0.4 is 0 Å². The summed E-state index contributed by atoms with van der Waals surface area (Å²) in [5.74, 6) is 0.703. The van der Waals surface area contributed by atoms with E-state index in [0.717, 1.165) is 11.3 Å². The van der Waals surface area contributed by atoms with E-state index in [4.69, 9.17) is 23.2 Å². The van der Waals surface area contributed by atoms with E-state index in [1.165, 1.54) is 0 Å². The van der Waals surface area contributed by atoms with Gasteiger partial charge in [-0.1, -0.05) is 23.2 Å². The molecule has 6 heteroatoms. The molecule has 0 aliphatic heterocycles. The molecule has 2 aromatic heterocycles. The van der Waals surface area contributed by atoms with Crippen molar-refractivity contribution in [2.24, 2.45) is 0 Å². The molecule has 0 bridgehead atoms. The maximum atomic E-state index is 5.98. The Hall–Kier alpha value is -1.91. The van der Waals surface area contributed by atoms with Crippen molar-refractivity contribution in [3.05, 3.63) is 59.4 Å². The minimum absolute atomic E-state index is 0.580. The minimum Gasteiger partial charge on any atom is -0.289 e. The Morgan fingerprint density at radius 2 is 1.74 bits per heavy atom. The summed E-state index contributed by atoms with van der Waals surface area (Å²) in [6.07, 6.45) is 8.44. The zero-order valence-electron chi connectivity index (χ0n) is 9.66. The molecule has 0 unspecified atom stereocenters. The maximum Gasteiger partial charge on any atom is 0.156 e. The van der Waals surface area contributed by atoms with Crippen LogP contribution in [-0.4, -0.2) is 19.5 Å². The first kappa shape index (κ1) is 12.1. The molecule has 0 spiro atoms. The maximum absolute atomic E-state index is 5.98. The molecule has 0 aliphatic rings. The lowest BCUT2D eigenvalue weighted by Gasteiger charge is -2.00. The molecule has 3 rings (SSSR count). The molecule has 3 aromatic rings. The van der Waals surface area contributed by atoms with Crippen LogP contribution in [0.4, 0.5) is 0 Å². The highest BCUT2D eigenvalue weighted by atomic mass is 35.5. The molecule has 4 nitrogen and oxygen atoms in total. The molecule has 2 heterocycles. The second kappa shape index (κ2) is 4.99. The third kappa shape index (κ3) is 2.59. The first-order chi connectivity index (χ1) is 9.22. The molecule has 0 atom stereocenters. The molecule has 0 aliphatic carbocycles. The number of imidazole rings is 1. The standard InChI is InChI=1S/C13H8Cl2N4/c14-10-3-9(4-11(15)5-10)12-7-19(8-18-12)13-6-16-1-2-17-13/h1-8H. The van der Waals surface area contributed by atoms with Gasteiger partial charge in [-0.05, 0) is 18.2 Å². The minimum atomic E-state index is 0.580. The van der Waals surface area contributed by atoms with E-state index in [1.807, 2.05) is 18.3 Å². The summed E-state index contributed by atoms with van der Waals surface area (Å²) in [6, 6.07) is 5.32. The molecule has 0 saturated carbocycles. The largest absolute Gasteiger partial charge is 0.289 e. The van der Waals surface area contributed by atoms with Crippen molar-refractivity contribution in [2.75, 3.05) is 0 Å². The molecule has 19 heavy (non-hydrogen) atoms. The van der Waals surface area contributed by atoms with Crippen molar-refractivity contribution in [3.8, 4) is 17.1 Å². The van der Waals surface area contributed by atoms with Crippen LogP contribution in [0.25, 0.3) is 17.1 Å². The zero-order valence-corrected chi connectivity index (χ0v) is 11.2. The lowest BCUT2D eigenvalue weighted by atomic mass is 10.2. The zero-order chi connectivity index (χ0) is 13.2. The number of aromatic nitrogens is 4. The van der Waals surface area contributed by atoms with Crippen molar-refractivity contribution in [3.63, 3.8) is 0 Å². The van der Waals surface area contributed by atoms with Crippen molar-refractivity contribution in [2.45, 2.75) is 0 Å². The van der Waals surface area contributed by atoms with Gasteiger partial charge in [0.2, 0.25) is 0 Å². The van der Waals surface area contributed by atoms with Gasteiger partial charge in [0, 0.05) is 34.2 Å². The van der Waals surface area contributed by atoms with E-state index in [1.54, 1.807) is 35.6 Å². The number of benzene rings is 1. The molecule has 0 amide bonds. The van der Waals surface area contributed by atoms with Crippen LogP contribution >= 0.6 is 23.2 Å². The fourth-order valence-corrected chi connectivity index (χ4v) is 2.25. The van der Waals surface area contributed by atoms with Gasteiger partial charge in [0.25, 0.3) is 0 Å². The third-order valence-corrected chi connectivity index (χ3v) is 2.99. The topological polar surface area (TPSA) is 43.6 Å². The number of nitrogens with zero attached hydrogens (tertiary/aromatic N) is 4. The molecule has 1 aromatic carbocycles. The van der Waals surface area contributed by atoms with Crippen LogP contribution in [0, 0.1) is 0 Å². The molecular formula is C13H8Cl2N4. The summed E-state index contributed by atoms with van der Waals surface area (Å²) in [7, 11) is 0. The average molecular weight is 291 g/mol. The molecule has 0 radical (unpaired) electrons. The van der Waals surface area contributed by atoms with Gasteiger partial charge in [-0.15, -0.1) is 0 Å². The SMILES string of the molecule is Clc1cc(Cl)cc(-c2cn(-c3cnccn3)cn2)c1. The fourth-order valence-electron chi connectivity index (χ4n) is 1.72. The van der Waals surface area contributed by atoms with Crippen LogP contribution in [0.1, 0.15) is 0 Å². The normalized spacial score (nSPS) is 10.6. The van der Waals surface area contributed by atoms with Crippen LogP contribution in [-0.2, 0) is 0 Å². The Bertz CT molecular complexity index is 689. The van der Waals surface area contributed by atoms with Gasteiger partial charge in [-0.2, -0.15) is 0 Å². The Morgan fingerprint density at radius 3 is 2.42 bits per heavy atom. The fraction of sp³-hybridized carbons (Fsp3) is 0. The van der Waals surface area contributed by atoms with Crippen LogP contribution in [0.15, 0.2) is 49.3 Å². The van der Waals surface area contributed by atoms with Gasteiger partial charge in [0.1, 0.15) is 6.33 Å². The summed E-state index contributed by atoms with van der Waals surface area (Å²) >= 11 is 12.0. The first-order valence-corrected chi connectivity index (χ1v) is 6.25. The number of halogens is 2. The van der Waals surface area contributed by atoms with E-state index in [9.17, 15) is 0 Å². The Morgan fingerprint density at radius 1 is 0.947 bits per heavy atom. The third-order valence-electron chi connectivity index (χ3n) is 2.55. The predicted molar refractivity (Wildman–Crippen MR) is 74.6 cm³/mol. The van der Waals surface area contributed by atoms with E-state index < -0.39 is 0 Å². The van der Waals surface area contributed by atoms with Gasteiger partial charge in [-0.3, -0.25) is 9.55 Å². The second-order valence-corrected chi connectivity index (χ2v) is 4.76. The highest BCUT2D eigenvalue weighted by molar-refractivity contribution is 6.35. The Kier molecular flexibility index (Phi) is 3.19. The molecule has 0 saturated heterocycles. The van der Waals surface area contributed by atoms with Crippen molar-refractivity contribution >= 4 is 23.2 Å². The van der Waals surface area contributed by atoms with E-state index in [-0.39, 0.29) is 0 Å². The highest BCUT2D eigenvalue weighted by Gasteiger charge is 2.06. The summed E-state index contributed by atoms with van der Waals surface area (Å²) in [4.78, 5) is 12.5. The van der Waals surface area contributed by atoms with Crippen LogP contribution in [0.2, 0.25) is 10.0 Å². The van der Waals surface area contributed by atoms with Gasteiger partial charge < -0.3 is 0 Å². The average Bonchev–Trinajstić information content (AvgIpc) is 2.88. The van der Waals surface area contributed by atoms with Crippen LogP contribution in [0.5, 0.6) is 0 Å². The predicted octanol–water partition coefficient (Wildman–Crippen LogP) is 3.64. The van der Waals surface area contributed by atoms with Crippen molar-refractivity contribution in [1.29, 1.82) is 0 Å². The van der Waals surface area contributed by atoms with Crippen LogP contribution in [0.3, 0.4) is 0 Å². The molecular weight excluding hydrogens is 283 g/mol. The summed E-state index contributed by atoms with van der Waals surface area (Å²) in [6.45, 7) is 0.